The predicted octanol–water partition coefficient (Wildman–Crippen LogP) is 2.69. The van der Waals surface area contributed by atoms with Crippen molar-refractivity contribution in [2.24, 2.45) is 5.92 Å². The van der Waals surface area contributed by atoms with E-state index >= 15 is 0 Å². The summed E-state index contributed by atoms with van der Waals surface area (Å²) >= 11 is 0. The van der Waals surface area contributed by atoms with Gasteiger partial charge in [-0.05, 0) is 63.4 Å². The monoisotopic (exact) mass is 347 g/mol. The summed E-state index contributed by atoms with van der Waals surface area (Å²) in [6.45, 7) is 8.08. The number of amides is 1. The van der Waals surface area contributed by atoms with Crippen molar-refractivity contribution in [3.8, 4) is 0 Å². The number of hydrogen-bond donors (Lipinski definition) is 1. The smallest absolute Gasteiger partial charge is 0.223 e. The second kappa shape index (κ2) is 10.5. The first-order valence-corrected chi connectivity index (χ1v) is 9.70. The Morgan fingerprint density at radius 2 is 2.12 bits per heavy atom. The largest absolute Gasteiger partial charge is 0.394 e. The molecule has 1 aliphatic heterocycles. The van der Waals surface area contributed by atoms with Crippen LogP contribution in [-0.4, -0.2) is 58.1 Å². The standard InChI is InChI=1S/C20H33N3O2/c1-3-11-22-12-8-17(9-13-22)14-20(25)23(19(4-2)16-24)15-18-7-5-6-10-21-18/h5-7,10,17,19,24H,3-4,8-9,11-16H2,1-2H3/t19-/m0/s1. The van der Waals surface area contributed by atoms with Gasteiger partial charge in [0.05, 0.1) is 24.9 Å². The Bertz CT molecular complexity index is 497. The Morgan fingerprint density at radius 1 is 1.36 bits per heavy atom. The van der Waals surface area contributed by atoms with Crippen LogP contribution >= 0.6 is 0 Å². The first kappa shape index (κ1) is 19.9. The van der Waals surface area contributed by atoms with Gasteiger partial charge in [0.15, 0.2) is 0 Å². The van der Waals surface area contributed by atoms with Crippen LogP contribution in [0.1, 0.15) is 51.6 Å². The number of aromatic nitrogens is 1. The predicted molar refractivity (Wildman–Crippen MR) is 100 cm³/mol. The molecule has 5 nitrogen and oxygen atoms in total. The summed E-state index contributed by atoms with van der Waals surface area (Å²) < 4.78 is 0. The van der Waals surface area contributed by atoms with E-state index in [1.807, 2.05) is 30.0 Å². The number of hydrogen-bond acceptors (Lipinski definition) is 4. The van der Waals surface area contributed by atoms with Gasteiger partial charge in [-0.3, -0.25) is 9.78 Å². The van der Waals surface area contributed by atoms with Crippen molar-refractivity contribution in [1.82, 2.24) is 14.8 Å². The van der Waals surface area contributed by atoms with Gasteiger partial charge in [-0.2, -0.15) is 0 Å². The highest BCUT2D eigenvalue weighted by Gasteiger charge is 2.27. The lowest BCUT2D eigenvalue weighted by atomic mass is 9.92. The topological polar surface area (TPSA) is 56.7 Å². The fraction of sp³-hybridized carbons (Fsp3) is 0.700. The lowest BCUT2D eigenvalue weighted by Gasteiger charge is -2.34. The summed E-state index contributed by atoms with van der Waals surface area (Å²) in [6, 6.07) is 5.63. The number of carbonyl (C=O) groups excluding carboxylic acids is 1. The van der Waals surface area contributed by atoms with Crippen molar-refractivity contribution in [2.45, 2.75) is 58.5 Å². The van der Waals surface area contributed by atoms with Gasteiger partial charge in [0.2, 0.25) is 5.91 Å². The number of pyridine rings is 1. The lowest BCUT2D eigenvalue weighted by molar-refractivity contribution is -0.136. The summed E-state index contributed by atoms with van der Waals surface area (Å²) in [4.78, 5) is 21.6. The fourth-order valence-electron chi connectivity index (χ4n) is 3.63. The molecule has 1 N–H and O–H groups in total. The van der Waals surface area contributed by atoms with Crippen LogP contribution in [0.25, 0.3) is 0 Å². The SMILES string of the molecule is CCCN1CCC(CC(=O)N(Cc2ccccn2)[C@@H](CC)CO)CC1. The van der Waals surface area contributed by atoms with E-state index in [1.165, 1.54) is 6.42 Å². The minimum Gasteiger partial charge on any atom is -0.394 e. The van der Waals surface area contributed by atoms with Crippen LogP contribution < -0.4 is 0 Å². The highest BCUT2D eigenvalue weighted by Crippen LogP contribution is 2.23. The Balaban J connectivity index is 1.95. The van der Waals surface area contributed by atoms with Crippen molar-refractivity contribution in [3.63, 3.8) is 0 Å². The van der Waals surface area contributed by atoms with E-state index in [1.54, 1.807) is 6.20 Å². The lowest BCUT2D eigenvalue weighted by Crippen LogP contribution is -2.43. The van der Waals surface area contributed by atoms with Gasteiger partial charge >= 0.3 is 0 Å². The molecule has 1 fully saturated rings. The number of likely N-dealkylation sites (tertiary alicyclic amines) is 1. The number of aliphatic hydroxyl groups excluding tert-OH is 1. The summed E-state index contributed by atoms with van der Waals surface area (Å²) in [7, 11) is 0. The van der Waals surface area contributed by atoms with E-state index in [0.717, 1.165) is 44.6 Å². The molecule has 0 bridgehead atoms. The van der Waals surface area contributed by atoms with Gasteiger partial charge in [-0.1, -0.05) is 19.9 Å². The van der Waals surface area contributed by atoms with Gasteiger partial charge in [-0.25, -0.2) is 0 Å². The van der Waals surface area contributed by atoms with Crippen molar-refractivity contribution < 1.29 is 9.90 Å². The third kappa shape index (κ3) is 6.08. The van der Waals surface area contributed by atoms with Crippen molar-refractivity contribution in [1.29, 1.82) is 0 Å². The summed E-state index contributed by atoms with van der Waals surface area (Å²) in [6.07, 6.45) is 6.48. The second-order valence-corrected chi connectivity index (χ2v) is 7.08. The molecule has 2 heterocycles. The molecule has 1 saturated heterocycles. The van der Waals surface area contributed by atoms with E-state index < -0.39 is 0 Å². The molecule has 140 valence electrons. The summed E-state index contributed by atoms with van der Waals surface area (Å²) in [5.74, 6) is 0.614. The minimum absolute atomic E-state index is 0.00399. The highest BCUT2D eigenvalue weighted by atomic mass is 16.3. The van der Waals surface area contributed by atoms with Crippen LogP contribution in [0.4, 0.5) is 0 Å². The van der Waals surface area contributed by atoms with Crippen molar-refractivity contribution >= 4 is 5.91 Å². The van der Waals surface area contributed by atoms with Crippen LogP contribution in [0.3, 0.4) is 0 Å². The van der Waals surface area contributed by atoms with Gasteiger partial charge in [0.25, 0.3) is 0 Å². The molecule has 25 heavy (non-hydrogen) atoms. The van der Waals surface area contributed by atoms with Crippen LogP contribution in [0.15, 0.2) is 24.4 Å². The Labute approximate surface area is 152 Å². The van der Waals surface area contributed by atoms with Crippen LogP contribution in [0.5, 0.6) is 0 Å². The number of piperidine rings is 1. The Kier molecular flexibility index (Phi) is 8.35. The maximum absolute atomic E-state index is 13.0. The van der Waals surface area contributed by atoms with E-state index in [9.17, 15) is 9.90 Å². The maximum Gasteiger partial charge on any atom is 0.223 e. The highest BCUT2D eigenvalue weighted by molar-refractivity contribution is 5.76. The molecule has 1 aliphatic rings. The first-order chi connectivity index (χ1) is 12.2. The zero-order valence-corrected chi connectivity index (χ0v) is 15.7. The molecule has 0 radical (unpaired) electrons. The number of carbonyl (C=O) groups is 1. The third-order valence-corrected chi connectivity index (χ3v) is 5.21. The quantitative estimate of drug-likeness (QED) is 0.746. The number of rotatable bonds is 9. The van der Waals surface area contributed by atoms with Crippen molar-refractivity contribution in [3.05, 3.63) is 30.1 Å². The molecule has 1 aromatic heterocycles. The molecule has 1 atom stereocenters. The molecule has 0 spiro atoms. The van der Waals surface area contributed by atoms with Gasteiger partial charge in [0, 0.05) is 12.6 Å². The average molecular weight is 348 g/mol. The van der Waals surface area contributed by atoms with E-state index in [2.05, 4.69) is 16.8 Å². The van der Waals surface area contributed by atoms with Gasteiger partial charge in [0.1, 0.15) is 0 Å². The Morgan fingerprint density at radius 3 is 2.68 bits per heavy atom. The molecule has 0 unspecified atom stereocenters. The molecule has 5 heteroatoms. The fourth-order valence-corrected chi connectivity index (χ4v) is 3.63. The number of nitrogens with zero attached hydrogens (tertiary/aromatic N) is 3. The molecular formula is C20H33N3O2. The molecular weight excluding hydrogens is 314 g/mol. The minimum atomic E-state index is -0.130. The second-order valence-electron chi connectivity index (χ2n) is 7.08. The molecule has 1 aromatic rings. The zero-order chi connectivity index (χ0) is 18.1. The average Bonchev–Trinajstić information content (AvgIpc) is 2.64. The first-order valence-electron chi connectivity index (χ1n) is 9.70. The van der Waals surface area contributed by atoms with E-state index in [0.29, 0.717) is 18.9 Å². The van der Waals surface area contributed by atoms with Crippen LogP contribution in [0.2, 0.25) is 0 Å². The molecule has 2 rings (SSSR count). The number of aliphatic hydroxyl groups is 1. The maximum atomic E-state index is 13.0. The zero-order valence-electron chi connectivity index (χ0n) is 15.7. The van der Waals surface area contributed by atoms with Crippen molar-refractivity contribution in [2.75, 3.05) is 26.2 Å². The normalized spacial score (nSPS) is 17.4. The molecule has 0 aromatic carbocycles. The van der Waals surface area contributed by atoms with Crippen LogP contribution in [-0.2, 0) is 11.3 Å². The van der Waals surface area contributed by atoms with E-state index in [-0.39, 0.29) is 18.6 Å². The van der Waals surface area contributed by atoms with Crippen LogP contribution in [0, 0.1) is 5.92 Å². The van der Waals surface area contributed by atoms with Gasteiger partial charge < -0.3 is 14.9 Å². The summed E-state index contributed by atoms with van der Waals surface area (Å²) in [5, 5.41) is 9.70. The summed E-state index contributed by atoms with van der Waals surface area (Å²) in [5.41, 5.74) is 0.875. The third-order valence-electron chi connectivity index (χ3n) is 5.21. The molecule has 0 saturated carbocycles. The Hall–Kier alpha value is -1.46. The molecule has 0 aliphatic carbocycles. The molecule has 1 amide bonds. The van der Waals surface area contributed by atoms with Gasteiger partial charge in [-0.15, -0.1) is 0 Å². The van der Waals surface area contributed by atoms with E-state index in [4.69, 9.17) is 0 Å².